The molecule has 0 aliphatic carbocycles. The number of rotatable bonds is 3. The molecule has 0 saturated carbocycles. The molecule has 5 heteroatoms. The van der Waals surface area contributed by atoms with Crippen molar-refractivity contribution in [3.8, 4) is 0 Å². The highest BCUT2D eigenvalue weighted by Gasteiger charge is 2.19. The van der Waals surface area contributed by atoms with Crippen molar-refractivity contribution in [1.29, 1.82) is 0 Å². The number of hydrogen-bond acceptors (Lipinski definition) is 2. The Morgan fingerprint density at radius 3 is 2.67 bits per heavy atom. The van der Waals surface area contributed by atoms with E-state index in [2.05, 4.69) is 5.10 Å². The van der Waals surface area contributed by atoms with Crippen molar-refractivity contribution in [3.05, 3.63) is 51.1 Å². The van der Waals surface area contributed by atoms with Crippen LogP contribution in [0, 0.1) is 9.39 Å². The molecule has 2 aromatic rings. The van der Waals surface area contributed by atoms with Crippen LogP contribution >= 0.6 is 22.6 Å². The van der Waals surface area contributed by atoms with Crippen molar-refractivity contribution in [3.63, 3.8) is 0 Å². The summed E-state index contributed by atoms with van der Waals surface area (Å²) in [6, 6.07) is 6.33. The summed E-state index contributed by atoms with van der Waals surface area (Å²) in [4.78, 5) is 0. The maximum Gasteiger partial charge on any atom is 0.124 e. The van der Waals surface area contributed by atoms with E-state index in [-0.39, 0.29) is 11.9 Å². The summed E-state index contributed by atoms with van der Waals surface area (Å²) in [5.74, 6) is -0.298. The highest BCUT2D eigenvalue weighted by molar-refractivity contribution is 14.1. The first kappa shape index (κ1) is 13.5. The topological polar surface area (TPSA) is 38.0 Å². The Labute approximate surface area is 119 Å². The van der Waals surface area contributed by atoms with Gasteiger partial charge < -0.3 is 5.11 Å². The van der Waals surface area contributed by atoms with Gasteiger partial charge in [-0.25, -0.2) is 4.39 Å². The largest absolute Gasteiger partial charge is 0.382 e. The van der Waals surface area contributed by atoms with Crippen molar-refractivity contribution in [2.45, 2.75) is 26.0 Å². The van der Waals surface area contributed by atoms with Gasteiger partial charge in [-0.2, -0.15) is 5.10 Å². The Morgan fingerprint density at radius 2 is 2.06 bits per heavy atom. The number of hydrogen-bond donors (Lipinski definition) is 1. The molecule has 2 rings (SSSR count). The zero-order chi connectivity index (χ0) is 13.3. The molecule has 0 fully saturated rings. The summed E-state index contributed by atoms with van der Waals surface area (Å²) in [7, 11) is 0. The van der Waals surface area contributed by atoms with Crippen LogP contribution in [0.4, 0.5) is 4.39 Å². The molecule has 18 heavy (non-hydrogen) atoms. The minimum atomic E-state index is -0.789. The van der Waals surface area contributed by atoms with Gasteiger partial charge in [-0.3, -0.25) is 4.68 Å². The van der Waals surface area contributed by atoms with E-state index in [4.69, 9.17) is 0 Å². The van der Waals surface area contributed by atoms with Crippen LogP contribution in [0.3, 0.4) is 0 Å². The fourth-order valence-corrected chi connectivity index (χ4v) is 2.63. The molecule has 0 radical (unpaired) electrons. The van der Waals surface area contributed by atoms with Crippen molar-refractivity contribution in [2.75, 3.05) is 0 Å². The van der Waals surface area contributed by atoms with E-state index in [1.165, 1.54) is 12.1 Å². The van der Waals surface area contributed by atoms with Crippen LogP contribution in [-0.4, -0.2) is 14.9 Å². The predicted octanol–water partition coefficient (Wildman–Crippen LogP) is 3.29. The molecular weight excluding hydrogens is 346 g/mol. The fraction of sp³-hybridized carbons (Fsp3) is 0.308. The standard InChI is InChI=1S/C13H14FIN2O/c1-8(2)17-12(5-6-16-17)13(18)10-4-3-9(14)7-11(10)15/h3-8,13,18H,1-2H3. The van der Waals surface area contributed by atoms with Crippen LogP contribution in [0.15, 0.2) is 30.5 Å². The molecule has 0 aliphatic heterocycles. The van der Waals surface area contributed by atoms with Crippen LogP contribution in [0.5, 0.6) is 0 Å². The molecule has 0 bridgehead atoms. The number of halogens is 2. The SMILES string of the molecule is CC(C)n1nccc1C(O)c1ccc(F)cc1I. The van der Waals surface area contributed by atoms with Gasteiger partial charge in [0.15, 0.2) is 0 Å². The van der Waals surface area contributed by atoms with Crippen LogP contribution in [0.2, 0.25) is 0 Å². The van der Waals surface area contributed by atoms with Gasteiger partial charge in [0.1, 0.15) is 11.9 Å². The molecular formula is C13H14FIN2O. The van der Waals surface area contributed by atoms with E-state index in [1.54, 1.807) is 23.0 Å². The molecule has 96 valence electrons. The Kier molecular flexibility index (Phi) is 4.01. The highest BCUT2D eigenvalue weighted by atomic mass is 127. The van der Waals surface area contributed by atoms with Gasteiger partial charge in [0.2, 0.25) is 0 Å². The second kappa shape index (κ2) is 5.36. The second-order valence-electron chi connectivity index (χ2n) is 4.36. The quantitative estimate of drug-likeness (QED) is 0.854. The summed E-state index contributed by atoms with van der Waals surface area (Å²) in [6.07, 6.45) is 0.872. The molecule has 1 aromatic heterocycles. The zero-order valence-electron chi connectivity index (χ0n) is 10.1. The molecule has 1 N–H and O–H groups in total. The first-order chi connectivity index (χ1) is 8.50. The number of benzene rings is 1. The minimum absolute atomic E-state index is 0.169. The molecule has 3 nitrogen and oxygen atoms in total. The first-order valence-corrected chi connectivity index (χ1v) is 6.75. The molecule has 0 amide bonds. The normalized spacial score (nSPS) is 13.0. The van der Waals surface area contributed by atoms with E-state index in [0.29, 0.717) is 9.13 Å². The maximum absolute atomic E-state index is 13.1. The lowest BCUT2D eigenvalue weighted by Crippen LogP contribution is -2.13. The summed E-state index contributed by atoms with van der Waals surface area (Å²) in [5, 5.41) is 14.6. The summed E-state index contributed by atoms with van der Waals surface area (Å²) < 4.78 is 15.5. The summed E-state index contributed by atoms with van der Waals surface area (Å²) >= 11 is 2.03. The van der Waals surface area contributed by atoms with Crippen LogP contribution in [-0.2, 0) is 0 Å². The molecule has 1 aromatic carbocycles. The van der Waals surface area contributed by atoms with Crippen LogP contribution in [0.25, 0.3) is 0 Å². The Balaban J connectivity index is 2.41. The molecule has 0 spiro atoms. The molecule has 0 aliphatic rings. The number of aliphatic hydroxyl groups excluding tert-OH is 1. The maximum atomic E-state index is 13.1. The van der Waals surface area contributed by atoms with E-state index in [9.17, 15) is 9.50 Å². The lowest BCUT2D eigenvalue weighted by molar-refractivity contribution is 0.204. The summed E-state index contributed by atoms with van der Waals surface area (Å²) in [6.45, 7) is 4.00. The van der Waals surface area contributed by atoms with E-state index >= 15 is 0 Å². The van der Waals surface area contributed by atoms with E-state index in [0.717, 1.165) is 5.69 Å². The van der Waals surface area contributed by atoms with Gasteiger partial charge in [0.25, 0.3) is 0 Å². The van der Waals surface area contributed by atoms with Gasteiger partial charge in [0, 0.05) is 21.4 Å². The Morgan fingerprint density at radius 1 is 1.33 bits per heavy atom. The summed E-state index contributed by atoms with van der Waals surface area (Å²) in [5.41, 5.74) is 1.41. The van der Waals surface area contributed by atoms with Gasteiger partial charge in [-0.05, 0) is 54.6 Å². The van der Waals surface area contributed by atoms with Crippen molar-refractivity contribution in [1.82, 2.24) is 9.78 Å². The zero-order valence-corrected chi connectivity index (χ0v) is 12.3. The minimum Gasteiger partial charge on any atom is -0.382 e. The van der Waals surface area contributed by atoms with Crippen LogP contribution in [0.1, 0.15) is 37.3 Å². The Hall–Kier alpha value is -0.950. The Bertz CT molecular complexity index is 554. The smallest absolute Gasteiger partial charge is 0.124 e. The molecule has 1 unspecified atom stereocenters. The van der Waals surface area contributed by atoms with Gasteiger partial charge >= 0.3 is 0 Å². The third-order valence-electron chi connectivity index (χ3n) is 2.73. The second-order valence-corrected chi connectivity index (χ2v) is 5.52. The van der Waals surface area contributed by atoms with Crippen LogP contribution < -0.4 is 0 Å². The van der Waals surface area contributed by atoms with Gasteiger partial charge in [0.05, 0.1) is 5.69 Å². The first-order valence-electron chi connectivity index (χ1n) is 5.67. The number of aromatic nitrogens is 2. The van der Waals surface area contributed by atoms with Crippen molar-refractivity contribution in [2.24, 2.45) is 0 Å². The molecule has 1 heterocycles. The van der Waals surface area contributed by atoms with Gasteiger partial charge in [-0.15, -0.1) is 0 Å². The predicted molar refractivity (Wildman–Crippen MR) is 75.8 cm³/mol. The monoisotopic (exact) mass is 360 g/mol. The van der Waals surface area contributed by atoms with Gasteiger partial charge in [-0.1, -0.05) is 6.07 Å². The fourth-order valence-electron chi connectivity index (χ4n) is 1.86. The average Bonchev–Trinajstić information content (AvgIpc) is 2.77. The number of aliphatic hydroxyl groups is 1. The number of nitrogens with zero attached hydrogens (tertiary/aromatic N) is 2. The van der Waals surface area contributed by atoms with Crippen molar-refractivity contribution >= 4 is 22.6 Å². The van der Waals surface area contributed by atoms with E-state index in [1.807, 2.05) is 36.4 Å². The lowest BCUT2D eigenvalue weighted by atomic mass is 10.1. The molecule has 1 atom stereocenters. The van der Waals surface area contributed by atoms with Crippen molar-refractivity contribution < 1.29 is 9.50 Å². The van der Waals surface area contributed by atoms with E-state index < -0.39 is 6.10 Å². The third-order valence-corrected chi connectivity index (χ3v) is 3.66. The molecule has 0 saturated heterocycles. The lowest BCUT2D eigenvalue weighted by Gasteiger charge is -2.17. The average molecular weight is 360 g/mol. The highest BCUT2D eigenvalue weighted by Crippen LogP contribution is 2.27. The third kappa shape index (κ3) is 2.56.